The molecule has 6 aromatic rings. The molecule has 0 spiro atoms. The van der Waals surface area contributed by atoms with E-state index in [1.165, 1.54) is 7.11 Å². The summed E-state index contributed by atoms with van der Waals surface area (Å²) in [6.45, 7) is 0. The van der Waals surface area contributed by atoms with E-state index in [0.717, 1.165) is 48.5 Å². The maximum absolute atomic E-state index is 11.2. The van der Waals surface area contributed by atoms with Crippen molar-refractivity contribution in [3.05, 3.63) is 107 Å². The fourth-order valence-corrected chi connectivity index (χ4v) is 4.58. The predicted molar refractivity (Wildman–Crippen MR) is 149 cm³/mol. The number of aromatic carboxylic acids is 1. The maximum atomic E-state index is 11.2. The van der Waals surface area contributed by atoms with E-state index in [2.05, 4.69) is 64.9 Å². The number of carbonyl (C=O) groups excluding carboxylic acids is 1. The molecule has 0 fully saturated rings. The third-order valence-electron chi connectivity index (χ3n) is 5.96. The van der Waals surface area contributed by atoms with Crippen LogP contribution in [-0.2, 0) is 4.74 Å². The number of aromatic nitrogens is 4. The van der Waals surface area contributed by atoms with Gasteiger partial charge in [-0.15, -0.1) is 0 Å². The average Bonchev–Trinajstić information content (AvgIpc) is 3.59. The number of esters is 1. The molecule has 0 saturated heterocycles. The standard InChI is InChI=1S/C20H14N2O2.C9H7BrN2O2/c23-20(24)18-10-16-17(11-21-12-19(16)22-18)15-8-4-7-14(9-15)13-5-2-1-3-6-13;1-14-9(13)7-2-5-6(10)3-11-4-8(5)12-7/h1-12,22H,(H,23,24);2-4,12H,1H3. The van der Waals surface area contributed by atoms with Crippen LogP contribution < -0.4 is 0 Å². The Bertz CT molecular complexity index is 1780. The molecule has 4 aromatic heterocycles. The highest BCUT2D eigenvalue weighted by Gasteiger charge is 2.13. The fraction of sp³-hybridized carbons (Fsp3) is 0.0345. The Kier molecular flexibility index (Phi) is 7.01. The fourth-order valence-electron chi connectivity index (χ4n) is 4.13. The Hall–Kier alpha value is -4.76. The SMILES string of the molecule is COC(=O)c1cc2c(Br)cncc2[nH]1.O=C(O)c1cc2c(-c3cccc(-c4ccccc4)c3)cncc2[nH]1. The molecular formula is C29H21BrN4O4. The first-order valence-corrected chi connectivity index (χ1v) is 12.3. The number of nitrogens with one attached hydrogen (secondary N) is 2. The summed E-state index contributed by atoms with van der Waals surface area (Å²) in [6, 6.07) is 21.7. The molecule has 0 bridgehead atoms. The molecule has 0 atom stereocenters. The van der Waals surface area contributed by atoms with Crippen LogP contribution in [0.1, 0.15) is 21.0 Å². The van der Waals surface area contributed by atoms with Gasteiger partial charge in [0, 0.05) is 33.2 Å². The zero-order valence-electron chi connectivity index (χ0n) is 20.1. The van der Waals surface area contributed by atoms with Gasteiger partial charge in [0.1, 0.15) is 11.4 Å². The highest BCUT2D eigenvalue weighted by molar-refractivity contribution is 9.10. The summed E-state index contributed by atoms with van der Waals surface area (Å²) in [4.78, 5) is 36.4. The van der Waals surface area contributed by atoms with E-state index >= 15 is 0 Å². The molecule has 6 rings (SSSR count). The second kappa shape index (κ2) is 10.7. The summed E-state index contributed by atoms with van der Waals surface area (Å²) >= 11 is 3.35. The second-order valence-electron chi connectivity index (χ2n) is 8.34. The molecule has 0 radical (unpaired) electrons. The molecule has 8 nitrogen and oxygen atoms in total. The first-order valence-electron chi connectivity index (χ1n) is 11.5. The highest BCUT2D eigenvalue weighted by Crippen LogP contribution is 2.31. The summed E-state index contributed by atoms with van der Waals surface area (Å²) in [5.74, 6) is -1.36. The van der Waals surface area contributed by atoms with E-state index in [0.29, 0.717) is 5.69 Å². The first-order chi connectivity index (χ1) is 18.4. The van der Waals surface area contributed by atoms with Crippen molar-refractivity contribution in [2.24, 2.45) is 0 Å². The van der Waals surface area contributed by atoms with Crippen molar-refractivity contribution < 1.29 is 19.4 Å². The predicted octanol–water partition coefficient (Wildman–Crippen LogP) is 6.71. The van der Waals surface area contributed by atoms with Gasteiger partial charge in [-0.2, -0.15) is 0 Å². The van der Waals surface area contributed by atoms with Gasteiger partial charge >= 0.3 is 11.9 Å². The number of carboxylic acid groups (broad SMARTS) is 1. The topological polar surface area (TPSA) is 121 Å². The van der Waals surface area contributed by atoms with E-state index in [1.54, 1.807) is 36.9 Å². The molecule has 4 heterocycles. The lowest BCUT2D eigenvalue weighted by Crippen LogP contribution is -2.00. The third-order valence-corrected chi connectivity index (χ3v) is 6.59. The summed E-state index contributed by atoms with van der Waals surface area (Å²) in [5.41, 5.74) is 6.28. The van der Waals surface area contributed by atoms with Crippen LogP contribution in [0.2, 0.25) is 0 Å². The van der Waals surface area contributed by atoms with Crippen molar-refractivity contribution in [2.75, 3.05) is 7.11 Å². The van der Waals surface area contributed by atoms with Crippen LogP contribution in [0.15, 0.2) is 96.0 Å². The van der Waals surface area contributed by atoms with E-state index in [4.69, 9.17) is 0 Å². The van der Waals surface area contributed by atoms with Crippen molar-refractivity contribution in [3.63, 3.8) is 0 Å². The average molecular weight is 569 g/mol. The van der Waals surface area contributed by atoms with Gasteiger partial charge in [-0.3, -0.25) is 9.97 Å². The van der Waals surface area contributed by atoms with Gasteiger partial charge in [-0.1, -0.05) is 48.5 Å². The van der Waals surface area contributed by atoms with Crippen molar-refractivity contribution in [1.29, 1.82) is 0 Å². The number of fused-ring (bicyclic) bond motifs is 2. The van der Waals surface area contributed by atoms with E-state index < -0.39 is 5.97 Å². The van der Waals surface area contributed by atoms with Crippen LogP contribution in [0.4, 0.5) is 0 Å². The van der Waals surface area contributed by atoms with Gasteiger partial charge in [0.05, 0.1) is 30.5 Å². The number of halogens is 1. The van der Waals surface area contributed by atoms with Crippen LogP contribution in [0, 0.1) is 0 Å². The number of H-pyrrole nitrogens is 2. The maximum Gasteiger partial charge on any atom is 0.354 e. The second-order valence-corrected chi connectivity index (χ2v) is 9.19. The molecule has 2 aromatic carbocycles. The van der Waals surface area contributed by atoms with Gasteiger partial charge in [-0.25, -0.2) is 9.59 Å². The number of pyridine rings is 2. The zero-order valence-corrected chi connectivity index (χ0v) is 21.7. The van der Waals surface area contributed by atoms with Crippen molar-refractivity contribution in [3.8, 4) is 22.3 Å². The van der Waals surface area contributed by atoms with Crippen molar-refractivity contribution in [2.45, 2.75) is 0 Å². The quantitative estimate of drug-likeness (QED) is 0.203. The minimum atomic E-state index is -0.977. The van der Waals surface area contributed by atoms with Crippen molar-refractivity contribution in [1.82, 2.24) is 19.9 Å². The first kappa shape index (κ1) is 24.9. The van der Waals surface area contributed by atoms with E-state index in [-0.39, 0.29) is 11.7 Å². The van der Waals surface area contributed by atoms with Crippen LogP contribution in [0.3, 0.4) is 0 Å². The molecule has 0 aliphatic carbocycles. The van der Waals surface area contributed by atoms with Gasteiger partial charge in [0.15, 0.2) is 0 Å². The number of methoxy groups -OCH3 is 1. The molecule has 9 heteroatoms. The lowest BCUT2D eigenvalue weighted by molar-refractivity contribution is 0.0594. The number of ether oxygens (including phenoxy) is 1. The van der Waals surface area contributed by atoms with Gasteiger partial charge < -0.3 is 19.8 Å². The normalized spacial score (nSPS) is 10.7. The number of benzene rings is 2. The number of carbonyl (C=O) groups is 2. The lowest BCUT2D eigenvalue weighted by Gasteiger charge is -2.07. The van der Waals surface area contributed by atoms with Crippen LogP contribution >= 0.6 is 15.9 Å². The number of hydrogen-bond acceptors (Lipinski definition) is 5. The van der Waals surface area contributed by atoms with Crippen LogP contribution in [-0.4, -0.2) is 44.1 Å². The summed E-state index contributed by atoms with van der Waals surface area (Å²) < 4.78 is 5.45. The lowest BCUT2D eigenvalue weighted by atomic mass is 9.98. The number of hydrogen-bond donors (Lipinski definition) is 3. The van der Waals surface area contributed by atoms with Gasteiger partial charge in [0.2, 0.25) is 0 Å². The number of carboxylic acids is 1. The van der Waals surface area contributed by atoms with Crippen LogP contribution in [0.25, 0.3) is 44.1 Å². The molecule has 0 saturated carbocycles. The largest absolute Gasteiger partial charge is 0.477 e. The Labute approximate surface area is 225 Å². The summed E-state index contributed by atoms with van der Waals surface area (Å²) in [7, 11) is 1.35. The molecule has 3 N–H and O–H groups in total. The minimum absolute atomic E-state index is 0.165. The monoisotopic (exact) mass is 568 g/mol. The third kappa shape index (κ3) is 5.05. The Balaban J connectivity index is 0.000000179. The van der Waals surface area contributed by atoms with Gasteiger partial charge in [0.25, 0.3) is 0 Å². The van der Waals surface area contributed by atoms with E-state index in [1.807, 2.05) is 30.3 Å². The zero-order chi connectivity index (χ0) is 26.6. The summed E-state index contributed by atoms with van der Waals surface area (Å²) in [6.07, 6.45) is 6.75. The highest BCUT2D eigenvalue weighted by atomic mass is 79.9. The van der Waals surface area contributed by atoms with E-state index in [9.17, 15) is 14.7 Å². The summed E-state index contributed by atoms with van der Waals surface area (Å²) in [5, 5.41) is 11.0. The molecular weight excluding hydrogens is 548 g/mol. The van der Waals surface area contributed by atoms with Crippen LogP contribution in [0.5, 0.6) is 0 Å². The molecule has 38 heavy (non-hydrogen) atoms. The number of aromatic amines is 2. The molecule has 0 aliphatic rings. The van der Waals surface area contributed by atoms with Crippen molar-refractivity contribution >= 4 is 49.7 Å². The van der Waals surface area contributed by atoms with Gasteiger partial charge in [-0.05, 0) is 50.8 Å². The molecule has 188 valence electrons. The minimum Gasteiger partial charge on any atom is -0.477 e. The Morgan fingerprint density at radius 1 is 0.763 bits per heavy atom. The molecule has 0 aliphatic heterocycles. The Morgan fingerprint density at radius 3 is 2.11 bits per heavy atom. The molecule has 0 amide bonds. The number of rotatable bonds is 4. The Morgan fingerprint density at radius 2 is 1.39 bits per heavy atom. The smallest absolute Gasteiger partial charge is 0.354 e. The number of nitrogens with zero attached hydrogens (tertiary/aromatic N) is 2. The molecule has 0 unspecified atom stereocenters.